The van der Waals surface area contributed by atoms with E-state index in [0.717, 1.165) is 23.8 Å². The molecule has 1 aromatic heterocycles. The molecule has 0 bridgehead atoms. The van der Waals surface area contributed by atoms with Gasteiger partial charge in [0.25, 0.3) is 0 Å². The number of aryl methyl sites for hydroxylation is 1. The summed E-state index contributed by atoms with van der Waals surface area (Å²) in [6.07, 6.45) is 1.69. The number of carbonyl (C=O) groups excluding carboxylic acids is 1. The molecule has 0 aliphatic heterocycles. The topological polar surface area (TPSA) is 59.8 Å². The van der Waals surface area contributed by atoms with Crippen molar-refractivity contribution in [1.29, 1.82) is 0 Å². The minimum absolute atomic E-state index is 0.0299. The van der Waals surface area contributed by atoms with Gasteiger partial charge >= 0.3 is 0 Å². The third kappa shape index (κ3) is 5.10. The second kappa shape index (κ2) is 8.72. The van der Waals surface area contributed by atoms with Gasteiger partial charge in [0, 0.05) is 19.0 Å². The lowest BCUT2D eigenvalue weighted by Gasteiger charge is -2.12. The van der Waals surface area contributed by atoms with Gasteiger partial charge in [-0.1, -0.05) is 49.0 Å². The maximum atomic E-state index is 12.0. The van der Waals surface area contributed by atoms with E-state index in [1.54, 1.807) is 0 Å². The van der Waals surface area contributed by atoms with Crippen molar-refractivity contribution in [2.24, 2.45) is 0 Å². The van der Waals surface area contributed by atoms with Gasteiger partial charge in [-0.15, -0.1) is 10.2 Å². The molecule has 1 N–H and O–H groups in total. The van der Waals surface area contributed by atoms with Gasteiger partial charge in [-0.3, -0.25) is 4.79 Å². The molecule has 0 saturated heterocycles. The van der Waals surface area contributed by atoms with Gasteiger partial charge in [0.15, 0.2) is 5.16 Å². The van der Waals surface area contributed by atoms with Crippen molar-refractivity contribution < 1.29 is 4.79 Å². The van der Waals surface area contributed by atoms with Crippen LogP contribution in [0.3, 0.4) is 0 Å². The highest BCUT2D eigenvalue weighted by Crippen LogP contribution is 2.21. The number of nitrogens with one attached hydrogen (secondary N) is 1. The number of thioether (sulfide) groups is 1. The van der Waals surface area contributed by atoms with Crippen molar-refractivity contribution in [2.75, 3.05) is 12.3 Å². The smallest absolute Gasteiger partial charge is 0.230 e. The second-order valence-electron chi connectivity index (χ2n) is 5.59. The minimum Gasteiger partial charge on any atom is -0.355 e. The van der Waals surface area contributed by atoms with E-state index < -0.39 is 0 Å². The maximum Gasteiger partial charge on any atom is 0.230 e. The Balaban J connectivity index is 1.79. The molecule has 1 aromatic carbocycles. The molecule has 0 aliphatic carbocycles. The van der Waals surface area contributed by atoms with Crippen LogP contribution in [0.5, 0.6) is 0 Å². The number of aromatic nitrogens is 3. The van der Waals surface area contributed by atoms with E-state index in [1.165, 1.54) is 17.3 Å². The average Bonchev–Trinajstić information content (AvgIpc) is 2.97. The lowest BCUT2D eigenvalue weighted by atomic mass is 10.1. The Morgan fingerprint density at radius 3 is 2.65 bits per heavy atom. The van der Waals surface area contributed by atoms with Gasteiger partial charge in [0.05, 0.1) is 5.75 Å². The van der Waals surface area contributed by atoms with Crippen LogP contribution in [0.15, 0.2) is 35.5 Å². The Labute approximate surface area is 141 Å². The number of rotatable bonds is 8. The van der Waals surface area contributed by atoms with Crippen molar-refractivity contribution in [3.63, 3.8) is 0 Å². The Hall–Kier alpha value is -1.82. The maximum absolute atomic E-state index is 12.0. The quantitative estimate of drug-likeness (QED) is 0.755. The number of amides is 1. The van der Waals surface area contributed by atoms with Crippen molar-refractivity contribution >= 4 is 17.7 Å². The lowest BCUT2D eigenvalue weighted by Crippen LogP contribution is -2.27. The Bertz CT molecular complexity index is 625. The van der Waals surface area contributed by atoms with Crippen LogP contribution in [-0.4, -0.2) is 33.0 Å². The third-order valence-electron chi connectivity index (χ3n) is 3.48. The molecule has 0 atom stereocenters. The van der Waals surface area contributed by atoms with Crippen LogP contribution in [-0.2, 0) is 17.6 Å². The van der Waals surface area contributed by atoms with Gasteiger partial charge in [0.1, 0.15) is 5.82 Å². The lowest BCUT2D eigenvalue weighted by molar-refractivity contribution is -0.118. The van der Waals surface area contributed by atoms with E-state index in [2.05, 4.69) is 53.0 Å². The van der Waals surface area contributed by atoms with Gasteiger partial charge in [-0.25, -0.2) is 0 Å². The van der Waals surface area contributed by atoms with Crippen molar-refractivity contribution in [2.45, 2.75) is 44.8 Å². The van der Waals surface area contributed by atoms with Gasteiger partial charge in [0.2, 0.25) is 5.91 Å². The molecule has 124 valence electrons. The fourth-order valence-corrected chi connectivity index (χ4v) is 3.25. The molecule has 1 heterocycles. The summed E-state index contributed by atoms with van der Waals surface area (Å²) in [6.45, 7) is 6.92. The summed E-state index contributed by atoms with van der Waals surface area (Å²) in [5.74, 6) is 1.36. The van der Waals surface area contributed by atoms with Crippen molar-refractivity contribution in [3.8, 4) is 0 Å². The Kier molecular flexibility index (Phi) is 6.65. The number of benzene rings is 1. The second-order valence-corrected chi connectivity index (χ2v) is 6.53. The summed E-state index contributed by atoms with van der Waals surface area (Å²) in [6, 6.07) is 10.4. The predicted octanol–water partition coefficient (Wildman–Crippen LogP) is 2.87. The molecular formula is C17H24N4OS. The SMILES string of the molecule is CCc1nnc(SCC(=O)NCCc2ccccc2)n1C(C)C. The largest absolute Gasteiger partial charge is 0.355 e. The molecule has 0 spiro atoms. The minimum atomic E-state index is 0.0299. The first-order valence-corrected chi connectivity index (χ1v) is 8.97. The zero-order valence-electron chi connectivity index (χ0n) is 14.0. The molecule has 0 unspecified atom stereocenters. The van der Waals surface area contributed by atoms with Crippen LogP contribution in [0.1, 0.15) is 38.2 Å². The molecule has 2 rings (SSSR count). The van der Waals surface area contributed by atoms with Crippen LogP contribution >= 0.6 is 11.8 Å². The predicted molar refractivity (Wildman–Crippen MR) is 93.7 cm³/mol. The van der Waals surface area contributed by atoms with E-state index in [4.69, 9.17) is 0 Å². The molecule has 1 amide bonds. The Morgan fingerprint density at radius 1 is 1.26 bits per heavy atom. The summed E-state index contributed by atoms with van der Waals surface area (Å²) in [5.41, 5.74) is 1.23. The molecule has 2 aromatic rings. The summed E-state index contributed by atoms with van der Waals surface area (Å²) in [5, 5.41) is 12.2. The first-order valence-electron chi connectivity index (χ1n) is 7.99. The molecule has 0 aliphatic rings. The summed E-state index contributed by atoms with van der Waals surface area (Å²) in [4.78, 5) is 12.0. The van der Waals surface area contributed by atoms with Crippen molar-refractivity contribution in [1.82, 2.24) is 20.1 Å². The number of hydrogen-bond acceptors (Lipinski definition) is 4. The highest BCUT2D eigenvalue weighted by Gasteiger charge is 2.15. The molecule has 5 nitrogen and oxygen atoms in total. The highest BCUT2D eigenvalue weighted by molar-refractivity contribution is 7.99. The zero-order chi connectivity index (χ0) is 16.7. The van der Waals surface area contributed by atoms with Crippen LogP contribution in [0.25, 0.3) is 0 Å². The van der Waals surface area contributed by atoms with E-state index in [-0.39, 0.29) is 5.91 Å². The zero-order valence-corrected chi connectivity index (χ0v) is 14.8. The number of hydrogen-bond donors (Lipinski definition) is 1. The van der Waals surface area contributed by atoms with Crippen molar-refractivity contribution in [3.05, 3.63) is 41.7 Å². The molecule has 0 radical (unpaired) electrons. The third-order valence-corrected chi connectivity index (χ3v) is 4.42. The first kappa shape index (κ1) is 17.5. The highest BCUT2D eigenvalue weighted by atomic mass is 32.2. The summed E-state index contributed by atoms with van der Waals surface area (Å²) in [7, 11) is 0. The molecule has 6 heteroatoms. The molecule has 0 fully saturated rings. The van der Waals surface area contributed by atoms with E-state index in [1.807, 2.05) is 18.2 Å². The Morgan fingerprint density at radius 2 is 2.00 bits per heavy atom. The fraction of sp³-hybridized carbons (Fsp3) is 0.471. The van der Waals surface area contributed by atoms with Crippen LogP contribution in [0, 0.1) is 0 Å². The van der Waals surface area contributed by atoms with Gasteiger partial charge in [-0.05, 0) is 25.8 Å². The van der Waals surface area contributed by atoms with E-state index in [0.29, 0.717) is 18.3 Å². The normalized spacial score (nSPS) is 11.0. The molecule has 0 saturated carbocycles. The molecular weight excluding hydrogens is 308 g/mol. The standard InChI is InChI=1S/C17H24N4OS/c1-4-15-19-20-17(21(15)13(2)3)23-12-16(22)18-11-10-14-8-6-5-7-9-14/h5-9,13H,4,10-12H2,1-3H3,(H,18,22). The summed E-state index contributed by atoms with van der Waals surface area (Å²) < 4.78 is 2.10. The van der Waals surface area contributed by atoms with E-state index in [9.17, 15) is 4.79 Å². The first-order chi connectivity index (χ1) is 11.1. The number of carbonyl (C=O) groups is 1. The molecule has 23 heavy (non-hydrogen) atoms. The summed E-state index contributed by atoms with van der Waals surface area (Å²) >= 11 is 1.44. The fourth-order valence-electron chi connectivity index (χ4n) is 2.34. The van der Waals surface area contributed by atoms with E-state index >= 15 is 0 Å². The number of nitrogens with zero attached hydrogens (tertiary/aromatic N) is 3. The van der Waals surface area contributed by atoms with Crippen LogP contribution < -0.4 is 5.32 Å². The van der Waals surface area contributed by atoms with Crippen LogP contribution in [0.2, 0.25) is 0 Å². The van der Waals surface area contributed by atoms with Crippen LogP contribution in [0.4, 0.5) is 0 Å². The average molecular weight is 332 g/mol. The van der Waals surface area contributed by atoms with Gasteiger partial charge < -0.3 is 9.88 Å². The monoisotopic (exact) mass is 332 g/mol. The van der Waals surface area contributed by atoms with Gasteiger partial charge in [-0.2, -0.15) is 0 Å².